The zero-order valence-electron chi connectivity index (χ0n) is 16.8. The van der Waals surface area contributed by atoms with E-state index in [-0.39, 0.29) is 24.3 Å². The number of pyridine rings is 1. The lowest BCUT2D eigenvalue weighted by Crippen LogP contribution is -2.44. The first kappa shape index (κ1) is 20.7. The molecule has 0 aromatic carbocycles. The van der Waals surface area contributed by atoms with Crippen molar-refractivity contribution in [2.75, 3.05) is 26.7 Å². The highest BCUT2D eigenvalue weighted by atomic mass is 35.5. The van der Waals surface area contributed by atoms with Crippen LogP contribution in [0.25, 0.3) is 22.5 Å². The predicted octanol–water partition coefficient (Wildman–Crippen LogP) is 1.03. The molecule has 3 aromatic heterocycles. The quantitative estimate of drug-likeness (QED) is 0.625. The second-order valence-electron chi connectivity index (χ2n) is 7.73. The molecular formula is C19H24ClN7O3. The maximum Gasteiger partial charge on any atom is 0.329 e. The Morgan fingerprint density at radius 2 is 2.07 bits per heavy atom. The van der Waals surface area contributed by atoms with Crippen molar-refractivity contribution in [3.05, 3.63) is 38.4 Å². The van der Waals surface area contributed by atoms with Gasteiger partial charge in [-0.3, -0.25) is 19.2 Å². The molecule has 2 aliphatic rings. The Balaban J connectivity index is 0.00000218. The van der Waals surface area contributed by atoms with E-state index in [1.807, 2.05) is 20.0 Å². The summed E-state index contributed by atoms with van der Waals surface area (Å²) < 4.78 is 7.07. The maximum absolute atomic E-state index is 12.7. The van der Waals surface area contributed by atoms with Crippen molar-refractivity contribution in [3.63, 3.8) is 0 Å². The molecule has 11 heteroatoms. The highest BCUT2D eigenvalue weighted by Gasteiger charge is 2.30. The standard InChI is InChI=1S/C19H23N7O3.ClH/c1-3-26-16-14(17(27)23-19(26)28)11(8-12(21-16)10-4-5-10)18-22-15(24-29-18)13-9-20-6-7-25(13)2;/h8,10,13,20H,3-7,9H2,1-2H3,(H,23,27,28);1H. The lowest BCUT2D eigenvalue weighted by molar-refractivity contribution is 0.190. The number of rotatable bonds is 4. The van der Waals surface area contributed by atoms with E-state index >= 15 is 0 Å². The summed E-state index contributed by atoms with van der Waals surface area (Å²) in [7, 11) is 2.03. The van der Waals surface area contributed by atoms with Crippen LogP contribution in [0.5, 0.6) is 0 Å². The van der Waals surface area contributed by atoms with Gasteiger partial charge in [0, 0.05) is 37.8 Å². The van der Waals surface area contributed by atoms with Gasteiger partial charge in [0.05, 0.1) is 17.0 Å². The highest BCUT2D eigenvalue weighted by molar-refractivity contribution is 5.90. The number of H-pyrrole nitrogens is 1. The van der Waals surface area contributed by atoms with Gasteiger partial charge >= 0.3 is 5.69 Å². The van der Waals surface area contributed by atoms with Crippen molar-refractivity contribution < 1.29 is 4.52 Å². The van der Waals surface area contributed by atoms with Crippen LogP contribution in [-0.4, -0.2) is 56.3 Å². The van der Waals surface area contributed by atoms with Crippen LogP contribution in [0.3, 0.4) is 0 Å². The molecule has 0 spiro atoms. The zero-order chi connectivity index (χ0) is 20.1. The second kappa shape index (κ2) is 7.93. The SMILES string of the molecule is CCn1c(=O)[nH]c(=O)c2c(-c3nc(C4CNCCN4C)no3)cc(C3CC3)nc21.Cl. The number of aromatic amines is 1. The normalized spacial score (nSPS) is 19.7. The van der Waals surface area contributed by atoms with E-state index in [0.717, 1.165) is 38.2 Å². The first-order valence-corrected chi connectivity index (χ1v) is 9.99. The summed E-state index contributed by atoms with van der Waals surface area (Å²) in [6.45, 7) is 4.79. The molecule has 160 valence electrons. The summed E-state index contributed by atoms with van der Waals surface area (Å²) in [5, 5.41) is 7.83. The summed E-state index contributed by atoms with van der Waals surface area (Å²) in [6.07, 6.45) is 2.09. The van der Waals surface area contributed by atoms with Gasteiger partial charge in [-0.2, -0.15) is 4.98 Å². The molecule has 1 aliphatic heterocycles. The molecule has 1 atom stereocenters. The third-order valence-corrected chi connectivity index (χ3v) is 5.76. The molecule has 2 N–H and O–H groups in total. The van der Waals surface area contributed by atoms with Crippen molar-refractivity contribution in [2.24, 2.45) is 0 Å². The Morgan fingerprint density at radius 1 is 1.27 bits per heavy atom. The third kappa shape index (κ3) is 3.44. The number of halogens is 1. The van der Waals surface area contributed by atoms with Crippen LogP contribution >= 0.6 is 12.4 Å². The summed E-state index contributed by atoms with van der Waals surface area (Å²) in [6, 6.07) is 1.86. The summed E-state index contributed by atoms with van der Waals surface area (Å²) >= 11 is 0. The number of piperazine rings is 1. The number of fused-ring (bicyclic) bond motifs is 1. The van der Waals surface area contributed by atoms with Gasteiger partial charge in [0.2, 0.25) is 0 Å². The lowest BCUT2D eigenvalue weighted by atomic mass is 10.1. The van der Waals surface area contributed by atoms with Crippen molar-refractivity contribution >= 4 is 23.4 Å². The largest absolute Gasteiger partial charge is 0.334 e. The van der Waals surface area contributed by atoms with E-state index in [9.17, 15) is 9.59 Å². The molecule has 1 aliphatic carbocycles. The number of hydrogen-bond acceptors (Lipinski definition) is 8. The van der Waals surface area contributed by atoms with Crippen LogP contribution in [0.4, 0.5) is 0 Å². The van der Waals surface area contributed by atoms with Gasteiger partial charge in [0.25, 0.3) is 11.4 Å². The van der Waals surface area contributed by atoms with Crippen molar-refractivity contribution in [2.45, 2.75) is 38.3 Å². The molecule has 2 fully saturated rings. The first-order chi connectivity index (χ1) is 14.1. The number of nitrogens with one attached hydrogen (secondary N) is 2. The Morgan fingerprint density at radius 3 is 2.77 bits per heavy atom. The van der Waals surface area contributed by atoms with E-state index in [0.29, 0.717) is 34.9 Å². The molecular weight excluding hydrogens is 410 g/mol. The average molecular weight is 434 g/mol. The van der Waals surface area contributed by atoms with Crippen LogP contribution in [0.2, 0.25) is 0 Å². The zero-order valence-corrected chi connectivity index (χ0v) is 17.7. The average Bonchev–Trinajstić information content (AvgIpc) is 3.45. The maximum atomic E-state index is 12.7. The van der Waals surface area contributed by atoms with Gasteiger partial charge in [-0.25, -0.2) is 9.78 Å². The second-order valence-corrected chi connectivity index (χ2v) is 7.73. The smallest absolute Gasteiger partial charge is 0.329 e. The molecule has 1 saturated carbocycles. The predicted molar refractivity (Wildman–Crippen MR) is 113 cm³/mol. The molecule has 0 amide bonds. The Kier molecular flexibility index (Phi) is 5.48. The Bertz CT molecular complexity index is 1200. The molecule has 3 aromatic rings. The Hall–Kier alpha value is -2.56. The van der Waals surface area contributed by atoms with E-state index in [1.54, 1.807) is 0 Å². The minimum Gasteiger partial charge on any atom is -0.334 e. The molecule has 4 heterocycles. The number of aromatic nitrogens is 5. The number of hydrogen-bond donors (Lipinski definition) is 2. The molecule has 30 heavy (non-hydrogen) atoms. The van der Waals surface area contributed by atoms with E-state index in [2.05, 4.69) is 30.3 Å². The summed E-state index contributed by atoms with van der Waals surface area (Å²) in [4.78, 5) is 38.8. The van der Waals surface area contributed by atoms with Gasteiger partial charge in [-0.1, -0.05) is 5.16 Å². The van der Waals surface area contributed by atoms with Gasteiger partial charge in [0.15, 0.2) is 11.5 Å². The monoisotopic (exact) mass is 433 g/mol. The minimum absolute atomic E-state index is 0. The topological polar surface area (TPSA) is 122 Å². The van der Waals surface area contributed by atoms with Crippen molar-refractivity contribution in [1.82, 2.24) is 34.9 Å². The fourth-order valence-electron chi connectivity index (χ4n) is 3.92. The number of nitrogens with zero attached hydrogens (tertiary/aromatic N) is 5. The van der Waals surface area contributed by atoms with Crippen LogP contribution in [-0.2, 0) is 6.54 Å². The molecule has 10 nitrogen and oxygen atoms in total. The summed E-state index contributed by atoms with van der Waals surface area (Å²) in [5.74, 6) is 1.20. The molecule has 1 saturated heterocycles. The highest BCUT2D eigenvalue weighted by Crippen LogP contribution is 2.41. The van der Waals surface area contributed by atoms with Crippen molar-refractivity contribution in [3.8, 4) is 11.5 Å². The minimum atomic E-state index is -0.490. The number of likely N-dealkylation sites (N-methyl/N-ethyl adjacent to an activating group) is 1. The van der Waals surface area contributed by atoms with Crippen LogP contribution < -0.4 is 16.6 Å². The molecule has 0 bridgehead atoms. The van der Waals surface area contributed by atoms with Gasteiger partial charge in [0.1, 0.15) is 0 Å². The van der Waals surface area contributed by atoms with E-state index in [1.165, 1.54) is 4.57 Å². The van der Waals surface area contributed by atoms with E-state index in [4.69, 9.17) is 4.52 Å². The lowest BCUT2D eigenvalue weighted by Gasteiger charge is -2.30. The molecule has 1 unspecified atom stereocenters. The first-order valence-electron chi connectivity index (χ1n) is 9.99. The van der Waals surface area contributed by atoms with Crippen LogP contribution in [0.1, 0.15) is 43.2 Å². The van der Waals surface area contributed by atoms with Gasteiger partial charge in [-0.05, 0) is 32.9 Å². The number of aryl methyl sites for hydroxylation is 1. The Labute approximate surface area is 178 Å². The fraction of sp³-hybridized carbons (Fsp3) is 0.526. The van der Waals surface area contributed by atoms with Gasteiger partial charge in [-0.15, -0.1) is 12.4 Å². The molecule has 5 rings (SSSR count). The summed E-state index contributed by atoms with van der Waals surface area (Å²) in [5.41, 5.74) is 0.812. The van der Waals surface area contributed by atoms with E-state index < -0.39 is 11.2 Å². The molecule has 0 radical (unpaired) electrons. The van der Waals surface area contributed by atoms with Crippen molar-refractivity contribution in [1.29, 1.82) is 0 Å². The fourth-order valence-corrected chi connectivity index (χ4v) is 3.92. The van der Waals surface area contributed by atoms with Gasteiger partial charge < -0.3 is 9.84 Å². The van der Waals surface area contributed by atoms with Crippen LogP contribution in [0, 0.1) is 0 Å². The van der Waals surface area contributed by atoms with Crippen LogP contribution in [0.15, 0.2) is 20.2 Å². The third-order valence-electron chi connectivity index (χ3n) is 5.76.